The Balaban J connectivity index is 2.33. The third-order valence-corrected chi connectivity index (χ3v) is 3.13. The van der Waals surface area contributed by atoms with Gasteiger partial charge in [0.25, 0.3) is 0 Å². The zero-order valence-corrected chi connectivity index (χ0v) is 9.03. The second-order valence-corrected chi connectivity index (χ2v) is 4.43. The largest absolute Gasteiger partial charge is 0.506 e. The van der Waals surface area contributed by atoms with Crippen molar-refractivity contribution in [1.82, 2.24) is 9.38 Å². The van der Waals surface area contributed by atoms with Crippen LogP contribution in [0.1, 0.15) is 24.6 Å². The van der Waals surface area contributed by atoms with Crippen molar-refractivity contribution in [2.24, 2.45) is 0 Å². The highest BCUT2D eigenvalue weighted by atomic mass is 79.9. The summed E-state index contributed by atoms with van der Waals surface area (Å²) in [5.74, 6) is 1.92. The van der Waals surface area contributed by atoms with Gasteiger partial charge >= 0.3 is 0 Å². The van der Waals surface area contributed by atoms with E-state index in [0.29, 0.717) is 5.92 Å². The SMILES string of the molecule is Oc1ccc2c(Br)nc(C3CC3)n2c1. The lowest BCUT2D eigenvalue weighted by atomic mass is 10.3. The van der Waals surface area contributed by atoms with Crippen molar-refractivity contribution in [2.75, 3.05) is 0 Å². The van der Waals surface area contributed by atoms with Gasteiger partial charge in [-0.1, -0.05) is 0 Å². The normalized spacial score (nSPS) is 16.4. The van der Waals surface area contributed by atoms with E-state index in [1.807, 2.05) is 10.5 Å². The number of imidazole rings is 1. The molecule has 2 aromatic heterocycles. The van der Waals surface area contributed by atoms with Gasteiger partial charge in [0.1, 0.15) is 16.2 Å². The molecule has 2 heterocycles. The van der Waals surface area contributed by atoms with E-state index in [1.54, 1.807) is 12.3 Å². The Morgan fingerprint density at radius 2 is 2.21 bits per heavy atom. The van der Waals surface area contributed by atoms with Crippen LogP contribution < -0.4 is 0 Å². The third kappa shape index (κ3) is 1.14. The lowest BCUT2D eigenvalue weighted by Crippen LogP contribution is -1.90. The second kappa shape index (κ2) is 2.73. The zero-order valence-electron chi connectivity index (χ0n) is 7.44. The standard InChI is InChI=1S/C10H9BrN2O/c11-9-8-4-3-7(14)5-13(8)10(12-9)6-1-2-6/h3-6,14H,1-2H2. The quantitative estimate of drug-likeness (QED) is 0.848. The summed E-state index contributed by atoms with van der Waals surface area (Å²) in [5.41, 5.74) is 1.02. The molecule has 0 atom stereocenters. The van der Waals surface area contributed by atoms with Crippen molar-refractivity contribution >= 4 is 21.4 Å². The molecular weight excluding hydrogens is 244 g/mol. The first-order chi connectivity index (χ1) is 6.75. The van der Waals surface area contributed by atoms with Crippen LogP contribution in [0.5, 0.6) is 5.75 Å². The van der Waals surface area contributed by atoms with Crippen LogP contribution >= 0.6 is 15.9 Å². The lowest BCUT2D eigenvalue weighted by molar-refractivity contribution is 0.471. The average Bonchev–Trinajstić information content (AvgIpc) is 2.93. The monoisotopic (exact) mass is 252 g/mol. The molecule has 0 unspecified atom stereocenters. The number of nitrogens with zero attached hydrogens (tertiary/aromatic N) is 2. The van der Waals surface area contributed by atoms with Gasteiger partial charge in [-0.2, -0.15) is 0 Å². The molecule has 4 heteroatoms. The van der Waals surface area contributed by atoms with Crippen molar-refractivity contribution < 1.29 is 5.11 Å². The smallest absolute Gasteiger partial charge is 0.132 e. The van der Waals surface area contributed by atoms with E-state index in [-0.39, 0.29) is 5.75 Å². The summed E-state index contributed by atoms with van der Waals surface area (Å²) in [7, 11) is 0. The Labute approximate surface area is 89.5 Å². The van der Waals surface area contributed by atoms with E-state index in [9.17, 15) is 5.11 Å². The lowest BCUT2D eigenvalue weighted by Gasteiger charge is -1.99. The number of aromatic hydroxyl groups is 1. The highest BCUT2D eigenvalue weighted by Crippen LogP contribution is 2.40. The molecule has 72 valence electrons. The first-order valence-corrected chi connectivity index (χ1v) is 5.41. The number of pyridine rings is 1. The summed E-state index contributed by atoms with van der Waals surface area (Å²) >= 11 is 3.42. The Bertz CT molecular complexity index is 502. The van der Waals surface area contributed by atoms with Crippen LogP contribution in [-0.2, 0) is 0 Å². The topological polar surface area (TPSA) is 37.5 Å². The summed E-state index contributed by atoms with van der Waals surface area (Å²) in [4.78, 5) is 4.46. The maximum atomic E-state index is 9.40. The van der Waals surface area contributed by atoms with Crippen molar-refractivity contribution in [3.63, 3.8) is 0 Å². The van der Waals surface area contributed by atoms with Crippen molar-refractivity contribution in [1.29, 1.82) is 0 Å². The molecule has 1 aliphatic rings. The minimum absolute atomic E-state index is 0.282. The van der Waals surface area contributed by atoms with Crippen LogP contribution in [0, 0.1) is 0 Å². The van der Waals surface area contributed by atoms with Gasteiger partial charge in [-0.3, -0.25) is 4.40 Å². The summed E-state index contributed by atoms with van der Waals surface area (Å²) in [5, 5.41) is 9.40. The van der Waals surface area contributed by atoms with Gasteiger partial charge in [0.2, 0.25) is 0 Å². The van der Waals surface area contributed by atoms with E-state index >= 15 is 0 Å². The van der Waals surface area contributed by atoms with E-state index in [2.05, 4.69) is 20.9 Å². The molecule has 0 saturated heterocycles. The van der Waals surface area contributed by atoms with Crippen LogP contribution in [0.15, 0.2) is 22.9 Å². The predicted octanol–water partition coefficient (Wildman–Crippen LogP) is 2.68. The number of rotatable bonds is 1. The molecular formula is C10H9BrN2O. The summed E-state index contributed by atoms with van der Waals surface area (Å²) in [6, 6.07) is 3.55. The Morgan fingerprint density at radius 1 is 1.43 bits per heavy atom. The number of hydrogen-bond donors (Lipinski definition) is 1. The molecule has 14 heavy (non-hydrogen) atoms. The maximum Gasteiger partial charge on any atom is 0.132 e. The molecule has 2 aromatic rings. The van der Waals surface area contributed by atoms with E-state index in [0.717, 1.165) is 15.9 Å². The fourth-order valence-corrected chi connectivity index (χ4v) is 2.19. The molecule has 0 bridgehead atoms. The van der Waals surface area contributed by atoms with Gasteiger partial charge in [0.15, 0.2) is 0 Å². The van der Waals surface area contributed by atoms with Gasteiger partial charge in [-0.05, 0) is 40.9 Å². The van der Waals surface area contributed by atoms with Crippen LogP contribution in [0.3, 0.4) is 0 Å². The summed E-state index contributed by atoms with van der Waals surface area (Å²) in [6.07, 6.45) is 4.14. The van der Waals surface area contributed by atoms with Crippen molar-refractivity contribution in [3.05, 3.63) is 28.8 Å². The Hall–Kier alpha value is -1.03. The molecule has 3 rings (SSSR count). The fraction of sp³-hybridized carbons (Fsp3) is 0.300. The molecule has 1 N–H and O–H groups in total. The minimum Gasteiger partial charge on any atom is -0.506 e. The van der Waals surface area contributed by atoms with Crippen molar-refractivity contribution in [2.45, 2.75) is 18.8 Å². The summed E-state index contributed by atoms with van der Waals surface area (Å²) in [6.45, 7) is 0. The highest BCUT2D eigenvalue weighted by molar-refractivity contribution is 9.10. The number of fused-ring (bicyclic) bond motifs is 1. The predicted molar refractivity (Wildman–Crippen MR) is 56.5 cm³/mol. The van der Waals surface area contributed by atoms with E-state index in [4.69, 9.17) is 0 Å². The molecule has 0 aliphatic heterocycles. The molecule has 1 saturated carbocycles. The van der Waals surface area contributed by atoms with Gasteiger partial charge in [0.05, 0.1) is 11.7 Å². The molecule has 0 spiro atoms. The minimum atomic E-state index is 0.282. The molecule has 0 aromatic carbocycles. The first kappa shape index (κ1) is 8.29. The Kier molecular flexibility index (Phi) is 1.62. The van der Waals surface area contributed by atoms with Crippen LogP contribution in [0.2, 0.25) is 0 Å². The second-order valence-electron chi connectivity index (χ2n) is 3.68. The zero-order chi connectivity index (χ0) is 9.71. The number of halogens is 1. The Morgan fingerprint density at radius 3 is 2.93 bits per heavy atom. The van der Waals surface area contributed by atoms with Crippen LogP contribution in [0.4, 0.5) is 0 Å². The number of aromatic nitrogens is 2. The van der Waals surface area contributed by atoms with E-state index in [1.165, 1.54) is 12.8 Å². The molecule has 0 amide bonds. The van der Waals surface area contributed by atoms with Crippen LogP contribution in [-0.4, -0.2) is 14.5 Å². The van der Waals surface area contributed by atoms with Crippen molar-refractivity contribution in [3.8, 4) is 5.75 Å². The van der Waals surface area contributed by atoms with Gasteiger partial charge in [0, 0.05) is 5.92 Å². The highest BCUT2D eigenvalue weighted by Gasteiger charge is 2.28. The fourth-order valence-electron chi connectivity index (χ4n) is 1.69. The van der Waals surface area contributed by atoms with Gasteiger partial charge in [-0.25, -0.2) is 4.98 Å². The summed E-state index contributed by atoms with van der Waals surface area (Å²) < 4.78 is 2.83. The first-order valence-electron chi connectivity index (χ1n) is 4.62. The molecule has 1 fully saturated rings. The molecule has 0 radical (unpaired) electrons. The number of hydrogen-bond acceptors (Lipinski definition) is 2. The molecule has 1 aliphatic carbocycles. The van der Waals surface area contributed by atoms with Crippen LogP contribution in [0.25, 0.3) is 5.52 Å². The van der Waals surface area contributed by atoms with Gasteiger partial charge in [-0.15, -0.1) is 0 Å². The molecule has 3 nitrogen and oxygen atoms in total. The van der Waals surface area contributed by atoms with E-state index < -0.39 is 0 Å². The van der Waals surface area contributed by atoms with Gasteiger partial charge < -0.3 is 5.11 Å². The maximum absolute atomic E-state index is 9.40. The average molecular weight is 253 g/mol. The third-order valence-electron chi connectivity index (χ3n) is 2.55.